The molecule has 1 heterocycles. The molecule has 29 heavy (non-hydrogen) atoms. The number of aromatic nitrogens is 2. The lowest BCUT2D eigenvalue weighted by Gasteiger charge is -2.18. The summed E-state index contributed by atoms with van der Waals surface area (Å²) >= 11 is 0. The summed E-state index contributed by atoms with van der Waals surface area (Å²) in [5.41, 5.74) is 4.36. The molecule has 0 aliphatic carbocycles. The molecule has 162 valence electrons. The van der Waals surface area contributed by atoms with Crippen LogP contribution in [-0.4, -0.2) is 75.8 Å². The second-order valence-corrected chi connectivity index (χ2v) is 7.29. The third kappa shape index (κ3) is 7.44. The van der Waals surface area contributed by atoms with E-state index in [0.717, 1.165) is 36.6 Å². The molecule has 1 aromatic heterocycles. The van der Waals surface area contributed by atoms with E-state index in [-0.39, 0.29) is 5.92 Å². The lowest BCUT2D eigenvalue weighted by atomic mass is 9.97. The maximum atomic E-state index is 5.93. The molecule has 0 bridgehead atoms. The first-order valence-corrected chi connectivity index (χ1v) is 10.3. The average molecular weight is 405 g/mol. The van der Waals surface area contributed by atoms with Gasteiger partial charge in [0.05, 0.1) is 18.9 Å². The summed E-state index contributed by atoms with van der Waals surface area (Å²) in [7, 11) is 5.76. The molecular formula is C22H36N4O3. The van der Waals surface area contributed by atoms with Gasteiger partial charge in [-0.2, -0.15) is 5.10 Å². The Kier molecular flexibility index (Phi) is 10.1. The van der Waals surface area contributed by atoms with Crippen molar-refractivity contribution in [3.63, 3.8) is 0 Å². The average Bonchev–Trinajstić information content (AvgIpc) is 3.18. The molecule has 2 rings (SSSR count). The van der Waals surface area contributed by atoms with Crippen molar-refractivity contribution in [1.29, 1.82) is 0 Å². The van der Waals surface area contributed by atoms with Crippen LogP contribution in [0.25, 0.3) is 11.3 Å². The monoisotopic (exact) mass is 404 g/mol. The Balaban J connectivity index is 2.28. The van der Waals surface area contributed by atoms with E-state index in [9.17, 15) is 0 Å². The summed E-state index contributed by atoms with van der Waals surface area (Å²) in [4.78, 5) is 2.28. The number of ether oxygens (including phenoxy) is 3. The predicted molar refractivity (Wildman–Crippen MR) is 117 cm³/mol. The van der Waals surface area contributed by atoms with Crippen molar-refractivity contribution in [2.24, 2.45) is 0 Å². The van der Waals surface area contributed by atoms with Crippen LogP contribution in [0.1, 0.15) is 30.9 Å². The van der Waals surface area contributed by atoms with Crippen LogP contribution in [-0.2, 0) is 16.0 Å². The Morgan fingerprint density at radius 2 is 2.07 bits per heavy atom. The van der Waals surface area contributed by atoms with E-state index in [2.05, 4.69) is 52.6 Å². The van der Waals surface area contributed by atoms with Crippen LogP contribution in [0.4, 0.5) is 0 Å². The van der Waals surface area contributed by atoms with Crippen molar-refractivity contribution in [2.45, 2.75) is 26.3 Å². The molecule has 0 saturated carbocycles. The first-order valence-electron chi connectivity index (χ1n) is 10.3. The molecule has 7 nitrogen and oxygen atoms in total. The Morgan fingerprint density at radius 3 is 2.79 bits per heavy atom. The highest BCUT2D eigenvalue weighted by Gasteiger charge is 2.15. The van der Waals surface area contributed by atoms with E-state index in [1.165, 1.54) is 11.1 Å². The number of nitrogens with zero attached hydrogens (tertiary/aromatic N) is 2. The summed E-state index contributed by atoms with van der Waals surface area (Å²) in [5, 5.41) is 10.8. The van der Waals surface area contributed by atoms with Gasteiger partial charge in [0, 0.05) is 56.6 Å². The Labute approximate surface area is 174 Å². The second kappa shape index (κ2) is 12.6. The highest BCUT2D eigenvalue weighted by atomic mass is 16.5. The number of methoxy groups -OCH3 is 1. The van der Waals surface area contributed by atoms with Gasteiger partial charge in [-0.25, -0.2) is 0 Å². The molecule has 2 N–H and O–H groups in total. The van der Waals surface area contributed by atoms with E-state index >= 15 is 0 Å². The highest BCUT2D eigenvalue weighted by molar-refractivity contribution is 5.66. The zero-order chi connectivity index (χ0) is 21.1. The molecule has 7 heteroatoms. The summed E-state index contributed by atoms with van der Waals surface area (Å²) in [5.74, 6) is 1.09. The van der Waals surface area contributed by atoms with Crippen molar-refractivity contribution >= 4 is 0 Å². The predicted octanol–water partition coefficient (Wildman–Crippen LogP) is 2.89. The van der Waals surface area contributed by atoms with Gasteiger partial charge < -0.3 is 24.4 Å². The fourth-order valence-electron chi connectivity index (χ4n) is 3.12. The third-order valence-corrected chi connectivity index (χ3v) is 4.80. The zero-order valence-corrected chi connectivity index (χ0v) is 18.5. The lowest BCUT2D eigenvalue weighted by molar-refractivity contribution is 0.135. The van der Waals surface area contributed by atoms with E-state index in [0.29, 0.717) is 26.4 Å². The van der Waals surface area contributed by atoms with Gasteiger partial charge in [-0.05, 0) is 44.8 Å². The van der Waals surface area contributed by atoms with Crippen molar-refractivity contribution in [1.82, 2.24) is 20.4 Å². The van der Waals surface area contributed by atoms with Gasteiger partial charge in [0.15, 0.2) is 0 Å². The van der Waals surface area contributed by atoms with Crippen molar-refractivity contribution in [3.8, 4) is 17.0 Å². The van der Waals surface area contributed by atoms with E-state index < -0.39 is 0 Å². The van der Waals surface area contributed by atoms with Gasteiger partial charge in [-0.3, -0.25) is 5.10 Å². The number of likely N-dealkylation sites (N-methyl/N-ethyl adjacent to an activating group) is 2. The maximum Gasteiger partial charge on any atom is 0.120 e. The summed E-state index contributed by atoms with van der Waals surface area (Å²) < 4.78 is 16.7. The van der Waals surface area contributed by atoms with Crippen molar-refractivity contribution in [2.75, 3.05) is 60.7 Å². The van der Waals surface area contributed by atoms with Crippen LogP contribution in [0, 0.1) is 0 Å². The number of aromatic amines is 1. The van der Waals surface area contributed by atoms with Gasteiger partial charge in [0.1, 0.15) is 12.4 Å². The Bertz CT molecular complexity index is 720. The minimum atomic E-state index is 0.264. The number of nitrogens with one attached hydrogen (secondary N) is 2. The molecule has 1 atom stereocenters. The minimum Gasteiger partial charge on any atom is -0.491 e. The number of hydrogen-bond acceptors (Lipinski definition) is 6. The number of hydrogen-bond donors (Lipinski definition) is 2. The van der Waals surface area contributed by atoms with Gasteiger partial charge in [0.25, 0.3) is 0 Å². The smallest absolute Gasteiger partial charge is 0.120 e. The maximum absolute atomic E-state index is 5.93. The molecule has 0 aliphatic rings. The van der Waals surface area contributed by atoms with Gasteiger partial charge >= 0.3 is 0 Å². The van der Waals surface area contributed by atoms with Crippen LogP contribution in [0.5, 0.6) is 5.75 Å². The minimum absolute atomic E-state index is 0.264. The molecule has 0 amide bonds. The fourth-order valence-corrected chi connectivity index (χ4v) is 3.12. The highest BCUT2D eigenvalue weighted by Crippen LogP contribution is 2.31. The zero-order valence-electron chi connectivity index (χ0n) is 18.5. The van der Waals surface area contributed by atoms with Crippen molar-refractivity contribution < 1.29 is 14.2 Å². The first-order chi connectivity index (χ1) is 14.1. The van der Waals surface area contributed by atoms with E-state index in [4.69, 9.17) is 14.2 Å². The molecule has 2 aromatic rings. The topological polar surface area (TPSA) is 71.6 Å². The molecule has 0 fully saturated rings. The van der Waals surface area contributed by atoms with E-state index in [1.807, 2.05) is 20.2 Å². The molecule has 0 saturated heterocycles. The Morgan fingerprint density at radius 1 is 1.24 bits per heavy atom. The second-order valence-electron chi connectivity index (χ2n) is 7.29. The van der Waals surface area contributed by atoms with Crippen LogP contribution < -0.4 is 10.1 Å². The van der Waals surface area contributed by atoms with Crippen LogP contribution in [0.2, 0.25) is 0 Å². The van der Waals surface area contributed by atoms with Gasteiger partial charge in [-0.1, -0.05) is 6.92 Å². The molecule has 0 radical (unpaired) electrons. The largest absolute Gasteiger partial charge is 0.491 e. The molecule has 0 spiro atoms. The Hall–Kier alpha value is -1.93. The van der Waals surface area contributed by atoms with Gasteiger partial charge in [0.2, 0.25) is 0 Å². The number of benzene rings is 1. The summed E-state index contributed by atoms with van der Waals surface area (Å²) in [6.45, 7) is 9.39. The standard InChI is InChI=1S/C22H36N4O3/c1-6-28-16-17(2)18-11-19(13-21(12-18)29-10-9-27-5)22-20(14-24-25-22)15-26(4)8-7-23-3/h11-14,17,23H,6-10,15-16H2,1-5H3,(H,24,25). The van der Waals surface area contributed by atoms with E-state index in [1.54, 1.807) is 7.11 Å². The third-order valence-electron chi connectivity index (χ3n) is 4.80. The summed E-state index contributed by atoms with van der Waals surface area (Å²) in [6, 6.07) is 6.34. The molecule has 1 unspecified atom stereocenters. The molecular weight excluding hydrogens is 368 g/mol. The SMILES string of the molecule is CCOCC(C)c1cc(OCCOC)cc(-c2n[nH]cc2CN(C)CCNC)c1. The fraction of sp³-hybridized carbons (Fsp3) is 0.591. The molecule has 1 aromatic carbocycles. The number of rotatable bonds is 14. The molecule has 0 aliphatic heterocycles. The number of H-pyrrole nitrogens is 1. The first kappa shape index (κ1) is 23.3. The normalized spacial score (nSPS) is 12.5. The lowest BCUT2D eigenvalue weighted by Crippen LogP contribution is -2.27. The summed E-state index contributed by atoms with van der Waals surface area (Å²) in [6.07, 6.45) is 1.98. The van der Waals surface area contributed by atoms with Crippen LogP contribution >= 0.6 is 0 Å². The van der Waals surface area contributed by atoms with Gasteiger partial charge in [-0.15, -0.1) is 0 Å². The van der Waals surface area contributed by atoms with Crippen LogP contribution in [0.15, 0.2) is 24.4 Å². The van der Waals surface area contributed by atoms with Crippen LogP contribution in [0.3, 0.4) is 0 Å². The quantitative estimate of drug-likeness (QED) is 0.472. The van der Waals surface area contributed by atoms with Crippen molar-refractivity contribution in [3.05, 3.63) is 35.5 Å².